The maximum Gasteiger partial charge on any atom is 0.243 e. The Morgan fingerprint density at radius 2 is 2.05 bits per heavy atom. The average molecular weight is 306 g/mol. The van der Waals surface area contributed by atoms with E-state index in [0.29, 0.717) is 16.2 Å². The predicted octanol–water partition coefficient (Wildman–Crippen LogP) is 1.69. The Kier molecular flexibility index (Phi) is 3.56. The van der Waals surface area contributed by atoms with Crippen molar-refractivity contribution < 1.29 is 8.42 Å². The summed E-state index contributed by atoms with van der Waals surface area (Å²) in [6.07, 6.45) is 2.98. The predicted molar refractivity (Wildman–Crippen MR) is 82.1 cm³/mol. The first kappa shape index (κ1) is 14.2. The van der Waals surface area contributed by atoms with Crippen molar-refractivity contribution in [2.45, 2.75) is 30.2 Å². The molecule has 0 amide bonds. The first-order chi connectivity index (χ1) is 10.0. The van der Waals surface area contributed by atoms with E-state index in [9.17, 15) is 8.42 Å². The fourth-order valence-corrected chi connectivity index (χ4v) is 3.91. The third-order valence-electron chi connectivity index (χ3n) is 4.07. The Hall–Kier alpha value is -1.70. The van der Waals surface area contributed by atoms with Gasteiger partial charge in [0.25, 0.3) is 0 Å². The lowest BCUT2D eigenvalue weighted by Crippen LogP contribution is -2.41. The van der Waals surface area contributed by atoms with Gasteiger partial charge in [-0.3, -0.25) is 0 Å². The second kappa shape index (κ2) is 5.25. The van der Waals surface area contributed by atoms with Crippen LogP contribution in [0.1, 0.15) is 19.3 Å². The number of pyridine rings is 1. The monoisotopic (exact) mass is 306 g/mol. The fourth-order valence-electron chi connectivity index (χ4n) is 2.46. The number of nitrogens with two attached hydrogens (primary N) is 1. The molecule has 3 N–H and O–H groups in total. The molecular weight excluding hydrogens is 288 g/mol. The SMILES string of the molecule is CN(C1CCC1)S(=O)(=O)c1ccc2nc(NN)ccc2c1. The van der Waals surface area contributed by atoms with E-state index in [-0.39, 0.29) is 6.04 Å². The quantitative estimate of drug-likeness (QED) is 0.663. The molecule has 1 aliphatic rings. The normalized spacial score (nSPS) is 16.1. The van der Waals surface area contributed by atoms with Crippen molar-refractivity contribution in [3.05, 3.63) is 30.3 Å². The molecule has 21 heavy (non-hydrogen) atoms. The molecule has 1 aromatic heterocycles. The van der Waals surface area contributed by atoms with Crippen molar-refractivity contribution in [3.8, 4) is 0 Å². The van der Waals surface area contributed by atoms with Gasteiger partial charge in [-0.15, -0.1) is 0 Å². The molecule has 3 rings (SSSR count). The second-order valence-corrected chi connectivity index (χ2v) is 7.30. The van der Waals surface area contributed by atoms with Gasteiger partial charge in [-0.2, -0.15) is 4.31 Å². The number of sulfonamides is 1. The zero-order valence-electron chi connectivity index (χ0n) is 11.8. The zero-order valence-corrected chi connectivity index (χ0v) is 12.6. The van der Waals surface area contributed by atoms with E-state index in [1.54, 1.807) is 37.4 Å². The van der Waals surface area contributed by atoms with Gasteiger partial charge in [0.15, 0.2) is 0 Å². The Labute approximate surface area is 124 Å². The molecule has 0 aliphatic heterocycles. The van der Waals surface area contributed by atoms with Crippen molar-refractivity contribution in [3.63, 3.8) is 0 Å². The number of rotatable bonds is 4. The summed E-state index contributed by atoms with van der Waals surface area (Å²) in [4.78, 5) is 4.58. The summed E-state index contributed by atoms with van der Waals surface area (Å²) < 4.78 is 26.7. The smallest absolute Gasteiger partial charge is 0.243 e. The highest BCUT2D eigenvalue weighted by molar-refractivity contribution is 7.89. The summed E-state index contributed by atoms with van der Waals surface area (Å²) in [5.74, 6) is 5.87. The number of aromatic nitrogens is 1. The van der Waals surface area contributed by atoms with Crippen LogP contribution in [0.3, 0.4) is 0 Å². The van der Waals surface area contributed by atoms with Crippen molar-refractivity contribution in [2.75, 3.05) is 12.5 Å². The van der Waals surface area contributed by atoms with Crippen LogP contribution in [0.5, 0.6) is 0 Å². The van der Waals surface area contributed by atoms with Gasteiger partial charge >= 0.3 is 0 Å². The molecular formula is C14H18N4O2S. The van der Waals surface area contributed by atoms with Gasteiger partial charge in [-0.1, -0.05) is 6.42 Å². The van der Waals surface area contributed by atoms with Crippen LogP contribution in [0.15, 0.2) is 35.2 Å². The molecule has 7 heteroatoms. The van der Waals surface area contributed by atoms with Crippen LogP contribution < -0.4 is 11.3 Å². The average Bonchev–Trinajstić information content (AvgIpc) is 2.44. The summed E-state index contributed by atoms with van der Waals surface area (Å²) in [5, 5.41) is 0.775. The number of fused-ring (bicyclic) bond motifs is 1. The minimum atomic E-state index is -3.44. The number of benzene rings is 1. The van der Waals surface area contributed by atoms with E-state index in [1.807, 2.05) is 0 Å². The van der Waals surface area contributed by atoms with Gasteiger partial charge in [0.2, 0.25) is 10.0 Å². The van der Waals surface area contributed by atoms with E-state index >= 15 is 0 Å². The number of hydrazine groups is 1. The molecule has 112 valence electrons. The van der Waals surface area contributed by atoms with Gasteiger partial charge < -0.3 is 5.43 Å². The molecule has 1 aliphatic carbocycles. The molecule has 0 bridgehead atoms. The summed E-state index contributed by atoms with van der Waals surface area (Å²) >= 11 is 0. The lowest BCUT2D eigenvalue weighted by molar-refractivity contribution is 0.249. The van der Waals surface area contributed by atoms with Gasteiger partial charge in [0, 0.05) is 18.5 Å². The first-order valence-corrected chi connectivity index (χ1v) is 8.32. The number of nitrogens with one attached hydrogen (secondary N) is 1. The lowest BCUT2D eigenvalue weighted by atomic mass is 9.94. The molecule has 1 saturated carbocycles. The topological polar surface area (TPSA) is 88.3 Å². The number of nitrogen functional groups attached to an aromatic ring is 1. The molecule has 2 aromatic rings. The fraction of sp³-hybridized carbons (Fsp3) is 0.357. The minimum absolute atomic E-state index is 0.132. The van der Waals surface area contributed by atoms with E-state index in [2.05, 4.69) is 10.4 Å². The number of hydrogen-bond acceptors (Lipinski definition) is 5. The van der Waals surface area contributed by atoms with Crippen LogP contribution in [0.25, 0.3) is 10.9 Å². The summed E-state index contributed by atoms with van der Waals surface area (Å²) in [6.45, 7) is 0. The Bertz CT molecular complexity index is 772. The molecule has 0 spiro atoms. The van der Waals surface area contributed by atoms with E-state index < -0.39 is 10.0 Å². The van der Waals surface area contributed by atoms with Crippen molar-refractivity contribution >= 4 is 26.7 Å². The lowest BCUT2D eigenvalue weighted by Gasteiger charge is -2.33. The molecule has 0 atom stereocenters. The summed E-state index contributed by atoms with van der Waals surface area (Å²) in [6, 6.07) is 8.62. The Balaban J connectivity index is 2.00. The molecule has 0 radical (unpaired) electrons. The standard InChI is InChI=1S/C14H18N4O2S/c1-18(11-3-2-4-11)21(19,20)12-6-7-13-10(9-12)5-8-14(16-13)17-15/h5-9,11H,2-4,15H2,1H3,(H,16,17). The largest absolute Gasteiger partial charge is 0.308 e. The first-order valence-electron chi connectivity index (χ1n) is 6.88. The van der Waals surface area contributed by atoms with Gasteiger partial charge in [-0.05, 0) is 43.2 Å². The molecule has 0 unspecified atom stereocenters. The van der Waals surface area contributed by atoms with Crippen molar-refractivity contribution in [1.82, 2.24) is 9.29 Å². The minimum Gasteiger partial charge on any atom is -0.308 e. The third-order valence-corrected chi connectivity index (χ3v) is 5.98. The maximum absolute atomic E-state index is 12.6. The highest BCUT2D eigenvalue weighted by Crippen LogP contribution is 2.29. The number of anilines is 1. The van der Waals surface area contributed by atoms with Crippen LogP contribution in [0.4, 0.5) is 5.82 Å². The summed E-state index contributed by atoms with van der Waals surface area (Å²) in [5.41, 5.74) is 3.18. The van der Waals surface area contributed by atoms with Crippen LogP contribution >= 0.6 is 0 Å². The molecule has 0 saturated heterocycles. The van der Waals surface area contributed by atoms with E-state index in [0.717, 1.165) is 24.6 Å². The van der Waals surface area contributed by atoms with Gasteiger partial charge in [0.05, 0.1) is 10.4 Å². The van der Waals surface area contributed by atoms with Crippen LogP contribution in [-0.2, 0) is 10.0 Å². The van der Waals surface area contributed by atoms with Crippen molar-refractivity contribution in [1.29, 1.82) is 0 Å². The maximum atomic E-state index is 12.6. The van der Waals surface area contributed by atoms with Crippen LogP contribution in [-0.4, -0.2) is 30.8 Å². The molecule has 1 fully saturated rings. The molecule has 6 nitrogen and oxygen atoms in total. The Morgan fingerprint density at radius 1 is 1.29 bits per heavy atom. The zero-order chi connectivity index (χ0) is 15.0. The van der Waals surface area contributed by atoms with Crippen LogP contribution in [0, 0.1) is 0 Å². The highest BCUT2D eigenvalue weighted by Gasteiger charge is 2.31. The number of nitrogens with zero attached hydrogens (tertiary/aromatic N) is 2. The summed E-state index contributed by atoms with van der Waals surface area (Å²) in [7, 11) is -1.79. The van der Waals surface area contributed by atoms with Crippen LogP contribution in [0.2, 0.25) is 0 Å². The van der Waals surface area contributed by atoms with E-state index in [4.69, 9.17) is 5.84 Å². The third kappa shape index (κ3) is 2.48. The second-order valence-electron chi connectivity index (χ2n) is 5.30. The van der Waals surface area contributed by atoms with Crippen molar-refractivity contribution in [2.24, 2.45) is 5.84 Å². The molecule has 1 aromatic carbocycles. The van der Waals surface area contributed by atoms with Gasteiger partial charge in [0.1, 0.15) is 5.82 Å². The Morgan fingerprint density at radius 3 is 2.67 bits per heavy atom. The highest BCUT2D eigenvalue weighted by atomic mass is 32.2. The van der Waals surface area contributed by atoms with Gasteiger partial charge in [-0.25, -0.2) is 19.2 Å². The number of hydrogen-bond donors (Lipinski definition) is 2. The molecule has 1 heterocycles. The van der Waals surface area contributed by atoms with E-state index in [1.165, 1.54) is 4.31 Å².